The molecule has 2 heterocycles. The lowest BCUT2D eigenvalue weighted by Gasteiger charge is -2.18. The number of fused-ring (bicyclic) bond motifs is 2. The zero-order chi connectivity index (χ0) is 22.8. The van der Waals surface area contributed by atoms with Crippen LogP contribution in [-0.4, -0.2) is 35.3 Å². The number of aliphatic hydroxyl groups excluding tert-OH is 1. The molecule has 0 spiro atoms. The fraction of sp³-hybridized carbons (Fsp3) is 0.200. The average molecular weight is 445 g/mol. The summed E-state index contributed by atoms with van der Waals surface area (Å²) in [5.41, 5.74) is 4.04. The third-order valence-electron chi connectivity index (χ3n) is 5.81. The molecule has 0 saturated carbocycles. The second-order valence-corrected chi connectivity index (χ2v) is 7.95. The molecular formula is C25H23N3O5. The molecule has 3 aromatic carbocycles. The highest BCUT2D eigenvalue weighted by molar-refractivity contribution is 5.95. The number of nitrogens with one attached hydrogen (secondary N) is 2. The number of hydrogen-bond acceptors (Lipinski definition) is 5. The lowest BCUT2D eigenvalue weighted by atomic mass is 10.1. The van der Waals surface area contributed by atoms with E-state index in [2.05, 4.69) is 10.6 Å². The van der Waals surface area contributed by atoms with E-state index < -0.39 is 6.04 Å². The highest BCUT2D eigenvalue weighted by atomic mass is 16.7. The molecule has 0 radical (unpaired) electrons. The standard InChI is InChI=1S/C25H23N3O5/c29-14-21(17-7-10-22-23(11-17)33-15-32-22)27-24(30)16-5-8-20(9-6-16)26-25(31)28-12-18-3-1-2-4-19(18)13-28/h1-11,21,29H,12-15H2,(H,26,31)(H,27,30)/t21-/m1/s1. The molecule has 3 N–H and O–H groups in total. The molecule has 0 saturated heterocycles. The Bertz CT molecular complexity index is 1170. The summed E-state index contributed by atoms with van der Waals surface area (Å²) in [6.07, 6.45) is 0. The van der Waals surface area contributed by atoms with Gasteiger partial charge in [-0.15, -0.1) is 0 Å². The Morgan fingerprint density at radius 1 is 0.939 bits per heavy atom. The number of urea groups is 1. The van der Waals surface area contributed by atoms with E-state index in [1.54, 1.807) is 47.4 Å². The van der Waals surface area contributed by atoms with Crippen molar-refractivity contribution in [1.82, 2.24) is 10.2 Å². The number of anilines is 1. The minimum Gasteiger partial charge on any atom is -0.454 e. The van der Waals surface area contributed by atoms with Crippen molar-refractivity contribution in [2.24, 2.45) is 0 Å². The fourth-order valence-electron chi connectivity index (χ4n) is 3.99. The Balaban J connectivity index is 1.20. The highest BCUT2D eigenvalue weighted by Crippen LogP contribution is 2.34. The molecule has 5 rings (SSSR count). The summed E-state index contributed by atoms with van der Waals surface area (Å²) >= 11 is 0. The molecule has 0 unspecified atom stereocenters. The van der Waals surface area contributed by atoms with Crippen LogP contribution in [0.5, 0.6) is 11.5 Å². The Kier molecular flexibility index (Phi) is 5.58. The molecule has 8 nitrogen and oxygen atoms in total. The normalized spacial score (nSPS) is 14.5. The van der Waals surface area contributed by atoms with E-state index >= 15 is 0 Å². The number of carbonyl (C=O) groups excluding carboxylic acids is 2. The Morgan fingerprint density at radius 3 is 2.33 bits per heavy atom. The molecule has 8 heteroatoms. The summed E-state index contributed by atoms with van der Waals surface area (Å²) in [6.45, 7) is 1.04. The third kappa shape index (κ3) is 4.33. The molecule has 3 aromatic rings. The van der Waals surface area contributed by atoms with Gasteiger partial charge in [-0.3, -0.25) is 4.79 Å². The Hall–Kier alpha value is -4.04. The van der Waals surface area contributed by atoms with Crippen LogP contribution in [0.25, 0.3) is 0 Å². The first-order valence-electron chi connectivity index (χ1n) is 10.6. The summed E-state index contributed by atoms with van der Waals surface area (Å²) in [6, 6.07) is 19.1. The Morgan fingerprint density at radius 2 is 1.64 bits per heavy atom. The van der Waals surface area contributed by atoms with Crippen molar-refractivity contribution < 1.29 is 24.2 Å². The van der Waals surface area contributed by atoms with Crippen LogP contribution in [0.2, 0.25) is 0 Å². The van der Waals surface area contributed by atoms with Gasteiger partial charge in [-0.1, -0.05) is 30.3 Å². The van der Waals surface area contributed by atoms with Gasteiger partial charge in [0.1, 0.15) is 0 Å². The topological polar surface area (TPSA) is 100 Å². The first-order valence-corrected chi connectivity index (χ1v) is 10.6. The molecular weight excluding hydrogens is 422 g/mol. The van der Waals surface area contributed by atoms with Crippen molar-refractivity contribution in [3.63, 3.8) is 0 Å². The molecule has 0 fully saturated rings. The largest absolute Gasteiger partial charge is 0.454 e. The van der Waals surface area contributed by atoms with Crippen LogP contribution in [0.3, 0.4) is 0 Å². The van der Waals surface area contributed by atoms with Gasteiger partial charge in [0.15, 0.2) is 11.5 Å². The van der Waals surface area contributed by atoms with Gasteiger partial charge in [-0.2, -0.15) is 0 Å². The third-order valence-corrected chi connectivity index (χ3v) is 5.81. The predicted molar refractivity (Wildman–Crippen MR) is 121 cm³/mol. The molecule has 168 valence electrons. The fourth-order valence-corrected chi connectivity index (χ4v) is 3.99. The number of rotatable bonds is 5. The number of ether oxygens (including phenoxy) is 2. The SMILES string of the molecule is O=C(N[C@H](CO)c1ccc2c(c1)OCO2)c1ccc(NC(=O)N2Cc3ccccc3C2)cc1. The maximum absolute atomic E-state index is 12.7. The minimum atomic E-state index is -0.594. The smallest absolute Gasteiger partial charge is 0.322 e. The van der Waals surface area contributed by atoms with Crippen molar-refractivity contribution in [2.75, 3.05) is 18.7 Å². The van der Waals surface area contributed by atoms with Crippen LogP contribution in [0.1, 0.15) is 33.1 Å². The summed E-state index contributed by atoms with van der Waals surface area (Å²) in [7, 11) is 0. The maximum Gasteiger partial charge on any atom is 0.322 e. The summed E-state index contributed by atoms with van der Waals surface area (Å²) in [5, 5.41) is 15.5. The minimum absolute atomic E-state index is 0.155. The first kappa shape index (κ1) is 20.8. The lowest BCUT2D eigenvalue weighted by molar-refractivity contribution is 0.0916. The second-order valence-electron chi connectivity index (χ2n) is 7.95. The predicted octanol–water partition coefficient (Wildman–Crippen LogP) is 3.43. The molecule has 33 heavy (non-hydrogen) atoms. The monoisotopic (exact) mass is 445 g/mol. The van der Waals surface area contributed by atoms with Crippen LogP contribution in [0, 0.1) is 0 Å². The van der Waals surface area contributed by atoms with E-state index in [1.165, 1.54) is 0 Å². The van der Waals surface area contributed by atoms with E-state index in [-0.39, 0.29) is 25.3 Å². The highest BCUT2D eigenvalue weighted by Gasteiger charge is 2.23. The van der Waals surface area contributed by atoms with E-state index in [0.29, 0.717) is 41.4 Å². The molecule has 0 aliphatic carbocycles. The zero-order valence-electron chi connectivity index (χ0n) is 17.8. The number of aliphatic hydroxyl groups is 1. The van der Waals surface area contributed by atoms with Crippen molar-refractivity contribution >= 4 is 17.6 Å². The van der Waals surface area contributed by atoms with Crippen LogP contribution >= 0.6 is 0 Å². The van der Waals surface area contributed by atoms with Gasteiger partial charge in [-0.25, -0.2) is 4.79 Å². The molecule has 2 aliphatic heterocycles. The van der Waals surface area contributed by atoms with E-state index in [0.717, 1.165) is 11.1 Å². The number of hydrogen-bond donors (Lipinski definition) is 3. The van der Waals surface area contributed by atoms with Gasteiger partial charge < -0.3 is 30.1 Å². The molecule has 0 aromatic heterocycles. The average Bonchev–Trinajstić information content (AvgIpc) is 3.49. The van der Waals surface area contributed by atoms with Gasteiger partial charge in [0.05, 0.1) is 12.6 Å². The lowest BCUT2D eigenvalue weighted by Crippen LogP contribution is -2.31. The van der Waals surface area contributed by atoms with Gasteiger partial charge in [0.2, 0.25) is 6.79 Å². The molecule has 0 bridgehead atoms. The van der Waals surface area contributed by atoms with Crippen LogP contribution < -0.4 is 20.1 Å². The number of carbonyl (C=O) groups is 2. The number of benzene rings is 3. The van der Waals surface area contributed by atoms with Crippen molar-refractivity contribution in [1.29, 1.82) is 0 Å². The molecule has 1 atom stereocenters. The number of nitrogens with zero attached hydrogens (tertiary/aromatic N) is 1. The van der Waals surface area contributed by atoms with Crippen molar-refractivity contribution in [3.05, 3.63) is 89.0 Å². The number of amides is 3. The van der Waals surface area contributed by atoms with E-state index in [1.807, 2.05) is 24.3 Å². The van der Waals surface area contributed by atoms with Crippen LogP contribution in [-0.2, 0) is 13.1 Å². The second kappa shape index (κ2) is 8.84. The molecule has 2 aliphatic rings. The summed E-state index contributed by atoms with van der Waals surface area (Å²) in [5.74, 6) is 0.887. The Labute approximate surface area is 190 Å². The van der Waals surface area contributed by atoms with Crippen molar-refractivity contribution in [2.45, 2.75) is 19.1 Å². The van der Waals surface area contributed by atoms with Gasteiger partial charge in [-0.05, 0) is 53.1 Å². The quantitative estimate of drug-likeness (QED) is 0.559. The summed E-state index contributed by atoms with van der Waals surface area (Å²) < 4.78 is 10.7. The van der Waals surface area contributed by atoms with E-state index in [9.17, 15) is 14.7 Å². The van der Waals surface area contributed by atoms with Gasteiger partial charge in [0.25, 0.3) is 5.91 Å². The first-order chi connectivity index (χ1) is 16.1. The van der Waals surface area contributed by atoms with Crippen LogP contribution in [0.15, 0.2) is 66.7 Å². The van der Waals surface area contributed by atoms with Crippen molar-refractivity contribution in [3.8, 4) is 11.5 Å². The van der Waals surface area contributed by atoms with Crippen LogP contribution in [0.4, 0.5) is 10.5 Å². The molecule has 3 amide bonds. The summed E-state index contributed by atoms with van der Waals surface area (Å²) in [4.78, 5) is 27.1. The van der Waals surface area contributed by atoms with Gasteiger partial charge in [0, 0.05) is 24.3 Å². The van der Waals surface area contributed by atoms with Gasteiger partial charge >= 0.3 is 6.03 Å². The van der Waals surface area contributed by atoms with E-state index in [4.69, 9.17) is 9.47 Å². The zero-order valence-corrected chi connectivity index (χ0v) is 17.8. The maximum atomic E-state index is 12.7.